The smallest absolute Gasteiger partial charge is 0.411 e. The van der Waals surface area contributed by atoms with Crippen molar-refractivity contribution in [2.24, 2.45) is 0 Å². The van der Waals surface area contributed by atoms with E-state index in [2.05, 4.69) is 27.0 Å². The molecule has 0 radical (unpaired) electrons. The molecule has 1 aromatic heterocycles. The largest absolute Gasteiger partial charge is 0.450 e. The molecule has 1 aliphatic heterocycles. The molecular weight excluding hydrogens is 350 g/mol. The summed E-state index contributed by atoms with van der Waals surface area (Å²) in [6, 6.07) is 9.12. The van der Waals surface area contributed by atoms with Crippen LogP contribution in [-0.4, -0.2) is 54.6 Å². The van der Waals surface area contributed by atoms with Gasteiger partial charge in [0.1, 0.15) is 0 Å². The molecule has 1 saturated heterocycles. The van der Waals surface area contributed by atoms with Gasteiger partial charge in [-0.25, -0.2) is 4.79 Å². The van der Waals surface area contributed by atoms with Gasteiger partial charge in [0.15, 0.2) is 0 Å². The SMILES string of the molecule is CCOC(=O)Nc1cccc(C(=O)N2CCN(Cc3ccsc3)CC2)c1. The van der Waals surface area contributed by atoms with Crippen LogP contribution in [0.4, 0.5) is 10.5 Å². The molecule has 2 aromatic rings. The van der Waals surface area contributed by atoms with E-state index in [1.807, 2.05) is 4.90 Å². The highest BCUT2D eigenvalue weighted by atomic mass is 32.1. The minimum Gasteiger partial charge on any atom is -0.450 e. The summed E-state index contributed by atoms with van der Waals surface area (Å²) in [4.78, 5) is 28.5. The number of piperazine rings is 1. The predicted octanol–water partition coefficient (Wildman–Crippen LogP) is 3.27. The molecule has 1 aliphatic rings. The van der Waals surface area contributed by atoms with Crippen LogP contribution >= 0.6 is 11.3 Å². The number of nitrogens with one attached hydrogen (secondary N) is 1. The number of thiophene rings is 1. The molecule has 2 amide bonds. The van der Waals surface area contributed by atoms with Gasteiger partial charge >= 0.3 is 6.09 Å². The number of amides is 2. The number of hydrogen-bond acceptors (Lipinski definition) is 5. The van der Waals surface area contributed by atoms with Crippen molar-refractivity contribution in [2.75, 3.05) is 38.1 Å². The third-order valence-corrected chi connectivity index (χ3v) is 5.01. The number of hydrogen-bond donors (Lipinski definition) is 1. The first-order valence-corrected chi connectivity index (χ1v) is 9.66. The van der Waals surface area contributed by atoms with E-state index in [9.17, 15) is 9.59 Å². The van der Waals surface area contributed by atoms with Gasteiger partial charge < -0.3 is 9.64 Å². The fraction of sp³-hybridized carbons (Fsp3) is 0.368. The fourth-order valence-corrected chi connectivity index (χ4v) is 3.61. The molecule has 0 atom stereocenters. The zero-order chi connectivity index (χ0) is 18.4. The summed E-state index contributed by atoms with van der Waals surface area (Å²) in [5.74, 6) is -0.00677. The molecule has 138 valence electrons. The molecule has 2 heterocycles. The number of ether oxygens (including phenoxy) is 1. The van der Waals surface area contributed by atoms with Crippen molar-refractivity contribution in [2.45, 2.75) is 13.5 Å². The normalized spacial score (nSPS) is 14.9. The Bertz CT molecular complexity index is 740. The minimum absolute atomic E-state index is 0.00677. The second-order valence-corrected chi connectivity index (χ2v) is 6.91. The molecular formula is C19H23N3O3S. The number of carbonyl (C=O) groups is 2. The van der Waals surface area contributed by atoms with E-state index in [1.54, 1.807) is 42.5 Å². The molecule has 0 aliphatic carbocycles. The molecule has 0 bridgehead atoms. The van der Waals surface area contributed by atoms with Gasteiger partial charge in [-0.05, 0) is 47.5 Å². The predicted molar refractivity (Wildman–Crippen MR) is 103 cm³/mol. The van der Waals surface area contributed by atoms with Crippen molar-refractivity contribution in [1.29, 1.82) is 0 Å². The van der Waals surface area contributed by atoms with E-state index < -0.39 is 6.09 Å². The topological polar surface area (TPSA) is 61.9 Å². The van der Waals surface area contributed by atoms with E-state index in [0.29, 0.717) is 30.9 Å². The minimum atomic E-state index is -0.515. The maximum Gasteiger partial charge on any atom is 0.411 e. The Kier molecular flexibility index (Phi) is 6.25. The second-order valence-electron chi connectivity index (χ2n) is 6.13. The highest BCUT2D eigenvalue weighted by molar-refractivity contribution is 7.07. The van der Waals surface area contributed by atoms with Gasteiger partial charge in [0.2, 0.25) is 0 Å². The molecule has 1 fully saturated rings. The lowest BCUT2D eigenvalue weighted by atomic mass is 10.1. The third-order valence-electron chi connectivity index (χ3n) is 4.28. The molecule has 6 nitrogen and oxygen atoms in total. The van der Waals surface area contributed by atoms with E-state index >= 15 is 0 Å². The third kappa shape index (κ3) is 4.83. The van der Waals surface area contributed by atoms with Crippen LogP contribution in [0.2, 0.25) is 0 Å². The number of benzene rings is 1. The van der Waals surface area contributed by atoms with Crippen molar-refractivity contribution in [3.05, 3.63) is 52.2 Å². The zero-order valence-electron chi connectivity index (χ0n) is 14.8. The van der Waals surface area contributed by atoms with Crippen LogP contribution in [0.3, 0.4) is 0 Å². The van der Waals surface area contributed by atoms with Crippen LogP contribution < -0.4 is 5.32 Å². The Morgan fingerprint density at radius 2 is 2.00 bits per heavy atom. The first kappa shape index (κ1) is 18.4. The Morgan fingerprint density at radius 3 is 2.69 bits per heavy atom. The first-order chi connectivity index (χ1) is 12.7. The standard InChI is InChI=1S/C19H23N3O3S/c1-2-25-19(24)20-17-5-3-4-16(12-17)18(23)22-9-7-21(8-10-22)13-15-6-11-26-14-15/h3-6,11-12,14H,2,7-10,13H2,1H3,(H,20,24). The fourth-order valence-electron chi connectivity index (χ4n) is 2.95. The number of anilines is 1. The number of carbonyl (C=O) groups excluding carboxylic acids is 2. The summed E-state index contributed by atoms with van der Waals surface area (Å²) in [7, 11) is 0. The Hall–Kier alpha value is -2.38. The van der Waals surface area contributed by atoms with Crippen LogP contribution in [0.5, 0.6) is 0 Å². The molecule has 7 heteroatoms. The van der Waals surface area contributed by atoms with Gasteiger partial charge in [0.25, 0.3) is 5.91 Å². The maximum absolute atomic E-state index is 12.8. The summed E-state index contributed by atoms with van der Waals surface area (Å²) < 4.78 is 4.87. The van der Waals surface area contributed by atoms with Crippen molar-refractivity contribution >= 4 is 29.0 Å². The highest BCUT2D eigenvalue weighted by Crippen LogP contribution is 2.16. The van der Waals surface area contributed by atoms with Crippen molar-refractivity contribution < 1.29 is 14.3 Å². The Balaban J connectivity index is 1.55. The first-order valence-electron chi connectivity index (χ1n) is 8.72. The molecule has 0 saturated carbocycles. The zero-order valence-corrected chi connectivity index (χ0v) is 15.6. The molecule has 26 heavy (non-hydrogen) atoms. The molecule has 0 unspecified atom stereocenters. The van der Waals surface area contributed by atoms with E-state index in [0.717, 1.165) is 19.6 Å². The van der Waals surface area contributed by atoms with Gasteiger partial charge in [0, 0.05) is 44.0 Å². The number of rotatable bonds is 5. The van der Waals surface area contributed by atoms with Crippen LogP contribution in [-0.2, 0) is 11.3 Å². The quantitative estimate of drug-likeness (QED) is 0.874. The molecule has 1 N–H and O–H groups in total. The van der Waals surface area contributed by atoms with Gasteiger partial charge in [-0.2, -0.15) is 11.3 Å². The molecule has 3 rings (SSSR count). The average Bonchev–Trinajstić information content (AvgIpc) is 3.15. The van der Waals surface area contributed by atoms with Gasteiger partial charge in [-0.3, -0.25) is 15.0 Å². The van der Waals surface area contributed by atoms with Gasteiger partial charge in [-0.15, -0.1) is 0 Å². The Morgan fingerprint density at radius 1 is 1.19 bits per heavy atom. The second kappa shape index (κ2) is 8.82. The summed E-state index contributed by atoms with van der Waals surface area (Å²) in [5.41, 5.74) is 2.46. The summed E-state index contributed by atoms with van der Waals surface area (Å²) >= 11 is 1.71. The van der Waals surface area contributed by atoms with E-state index in [-0.39, 0.29) is 5.91 Å². The van der Waals surface area contributed by atoms with Gasteiger partial charge in [0.05, 0.1) is 6.61 Å². The van der Waals surface area contributed by atoms with E-state index in [1.165, 1.54) is 5.56 Å². The monoisotopic (exact) mass is 373 g/mol. The lowest BCUT2D eigenvalue weighted by molar-refractivity contribution is 0.0628. The lowest BCUT2D eigenvalue weighted by Gasteiger charge is -2.34. The molecule has 1 aromatic carbocycles. The van der Waals surface area contributed by atoms with Crippen molar-refractivity contribution in [1.82, 2.24) is 9.80 Å². The average molecular weight is 373 g/mol. The van der Waals surface area contributed by atoms with Crippen LogP contribution in [0, 0.1) is 0 Å². The summed E-state index contributed by atoms with van der Waals surface area (Å²) in [6.45, 7) is 6.13. The summed E-state index contributed by atoms with van der Waals surface area (Å²) in [5, 5.41) is 6.89. The molecule has 0 spiro atoms. The Labute approximate surface area is 157 Å². The van der Waals surface area contributed by atoms with Crippen LogP contribution in [0.1, 0.15) is 22.8 Å². The van der Waals surface area contributed by atoms with Gasteiger partial charge in [-0.1, -0.05) is 6.07 Å². The van der Waals surface area contributed by atoms with E-state index in [4.69, 9.17) is 4.74 Å². The van der Waals surface area contributed by atoms with Crippen molar-refractivity contribution in [3.8, 4) is 0 Å². The summed E-state index contributed by atoms with van der Waals surface area (Å²) in [6.07, 6.45) is -0.515. The maximum atomic E-state index is 12.8. The number of nitrogens with zero attached hydrogens (tertiary/aromatic N) is 2. The lowest BCUT2D eigenvalue weighted by Crippen LogP contribution is -2.48. The van der Waals surface area contributed by atoms with Crippen molar-refractivity contribution in [3.63, 3.8) is 0 Å². The highest BCUT2D eigenvalue weighted by Gasteiger charge is 2.22. The van der Waals surface area contributed by atoms with Crippen LogP contribution in [0.25, 0.3) is 0 Å². The van der Waals surface area contributed by atoms with Crippen LogP contribution in [0.15, 0.2) is 41.1 Å².